The molecule has 0 bridgehead atoms. The van der Waals surface area contributed by atoms with E-state index in [-0.39, 0.29) is 13.2 Å². The van der Waals surface area contributed by atoms with Crippen molar-refractivity contribution >= 4 is 7.82 Å². The van der Waals surface area contributed by atoms with Crippen LogP contribution in [0.3, 0.4) is 0 Å². The molecule has 6 nitrogen and oxygen atoms in total. The Balaban J connectivity index is 3.32. The number of unbranched alkanes of at least 4 members (excludes halogenated alkanes) is 1. The number of phosphoric acid groups is 1. The minimum Gasteiger partial charge on any atom is -0.330 e. The molecule has 96 valence electrons. The van der Waals surface area contributed by atoms with Gasteiger partial charge in [-0.1, -0.05) is 0 Å². The summed E-state index contributed by atoms with van der Waals surface area (Å²) in [5.74, 6) is 0. The fourth-order valence-corrected chi connectivity index (χ4v) is 1.63. The highest BCUT2D eigenvalue weighted by atomic mass is 31.2. The highest BCUT2D eigenvalue weighted by Crippen LogP contribution is 2.42. The maximum atomic E-state index is 11.1. The molecule has 0 saturated carbocycles. The molecule has 1 unspecified atom stereocenters. The molecule has 1 atom stereocenters. The van der Waals surface area contributed by atoms with Crippen molar-refractivity contribution < 1.29 is 18.5 Å². The van der Waals surface area contributed by atoms with Crippen molar-refractivity contribution in [3.05, 3.63) is 13.3 Å². The monoisotopic (exact) mass is 252 g/mol. The van der Waals surface area contributed by atoms with E-state index in [9.17, 15) is 4.57 Å². The third kappa shape index (κ3) is 10.5. The van der Waals surface area contributed by atoms with Crippen LogP contribution in [-0.4, -0.2) is 37.7 Å². The normalized spacial score (nSPS) is 14.9. The largest absolute Gasteiger partial charge is 0.472 e. The first-order valence-corrected chi connectivity index (χ1v) is 6.75. The van der Waals surface area contributed by atoms with E-state index in [1.54, 1.807) is 0 Å². The molecule has 0 aliphatic rings. The summed E-state index contributed by atoms with van der Waals surface area (Å²) < 4.78 is 20.4. The topological polar surface area (TPSA) is 93.8 Å². The highest BCUT2D eigenvalue weighted by Gasteiger charge is 2.19. The van der Waals surface area contributed by atoms with E-state index < -0.39 is 7.82 Å². The molecule has 2 radical (unpaired) electrons. The summed E-state index contributed by atoms with van der Waals surface area (Å²) in [5, 5.41) is 3.06. The average molecular weight is 252 g/mol. The van der Waals surface area contributed by atoms with Gasteiger partial charge in [0.2, 0.25) is 0 Å². The van der Waals surface area contributed by atoms with Gasteiger partial charge in [-0.2, -0.15) is 0 Å². The Labute approximate surface area is 97.1 Å². The van der Waals surface area contributed by atoms with E-state index in [1.807, 2.05) is 0 Å². The third-order valence-corrected chi connectivity index (χ3v) is 2.68. The molecule has 0 amide bonds. The van der Waals surface area contributed by atoms with Crippen LogP contribution in [0.25, 0.3) is 0 Å². The summed E-state index contributed by atoms with van der Waals surface area (Å²) in [6.45, 7) is 5.51. The maximum Gasteiger partial charge on any atom is 0.472 e. The Kier molecular flexibility index (Phi) is 10.2. The second-order valence-electron chi connectivity index (χ2n) is 3.13. The zero-order valence-electron chi connectivity index (χ0n) is 9.43. The summed E-state index contributed by atoms with van der Waals surface area (Å²) in [5.41, 5.74) is 5.33. The van der Waals surface area contributed by atoms with Crippen molar-refractivity contribution in [2.75, 3.05) is 32.8 Å². The van der Waals surface area contributed by atoms with Crippen LogP contribution in [0.1, 0.15) is 12.8 Å². The first-order valence-electron chi connectivity index (χ1n) is 5.26. The summed E-state index contributed by atoms with van der Waals surface area (Å²) in [6.07, 6.45) is 3.34. The summed E-state index contributed by atoms with van der Waals surface area (Å²) in [7, 11) is -3.90. The number of hydrogen-bond donors (Lipinski definition) is 3. The zero-order valence-corrected chi connectivity index (χ0v) is 10.3. The molecule has 0 aromatic carbocycles. The van der Waals surface area contributed by atoms with Crippen LogP contribution < -0.4 is 11.1 Å². The molecular weight excluding hydrogens is 231 g/mol. The zero-order chi connectivity index (χ0) is 12.3. The van der Waals surface area contributed by atoms with E-state index in [1.165, 1.54) is 6.42 Å². The summed E-state index contributed by atoms with van der Waals surface area (Å²) in [6, 6.07) is 0. The van der Waals surface area contributed by atoms with Gasteiger partial charge in [-0.05, 0) is 39.3 Å². The molecule has 0 aromatic heterocycles. The Morgan fingerprint density at radius 3 is 2.75 bits per heavy atom. The summed E-state index contributed by atoms with van der Waals surface area (Å²) in [4.78, 5) is 9.11. The molecule has 0 aliphatic heterocycles. The lowest BCUT2D eigenvalue weighted by Gasteiger charge is -2.11. The second kappa shape index (κ2) is 10.2. The van der Waals surface area contributed by atoms with E-state index in [2.05, 4.69) is 16.8 Å². The fourth-order valence-electron chi connectivity index (χ4n) is 0.937. The van der Waals surface area contributed by atoms with Crippen molar-refractivity contribution in [2.45, 2.75) is 12.8 Å². The molecular formula is C9H21N2O4P. The van der Waals surface area contributed by atoms with Gasteiger partial charge in [-0.25, -0.2) is 4.57 Å². The molecule has 0 saturated heterocycles. The molecule has 0 aliphatic carbocycles. The van der Waals surface area contributed by atoms with Crippen LogP contribution in [0.4, 0.5) is 0 Å². The van der Waals surface area contributed by atoms with Gasteiger partial charge in [-0.15, -0.1) is 0 Å². The first-order chi connectivity index (χ1) is 7.62. The number of rotatable bonds is 11. The first kappa shape index (κ1) is 16.0. The molecule has 0 fully saturated rings. The number of phosphoric ester groups is 1. The van der Waals surface area contributed by atoms with Gasteiger partial charge in [0.05, 0.1) is 13.2 Å². The van der Waals surface area contributed by atoms with Gasteiger partial charge in [0.1, 0.15) is 0 Å². The molecule has 0 aromatic rings. The lowest BCUT2D eigenvalue weighted by Crippen LogP contribution is -2.21. The van der Waals surface area contributed by atoms with Gasteiger partial charge in [0.25, 0.3) is 0 Å². The van der Waals surface area contributed by atoms with Gasteiger partial charge >= 0.3 is 7.82 Å². The maximum absolute atomic E-state index is 11.1. The van der Waals surface area contributed by atoms with Crippen molar-refractivity contribution in [1.29, 1.82) is 0 Å². The highest BCUT2D eigenvalue weighted by molar-refractivity contribution is 7.47. The second-order valence-corrected chi connectivity index (χ2v) is 4.59. The van der Waals surface area contributed by atoms with Crippen molar-refractivity contribution in [3.8, 4) is 0 Å². The number of nitrogens with one attached hydrogen (secondary N) is 1. The van der Waals surface area contributed by atoms with Crippen LogP contribution in [-0.2, 0) is 13.6 Å². The number of nitrogens with two attached hydrogens (primary N) is 1. The molecule has 7 heteroatoms. The molecule has 0 spiro atoms. The van der Waals surface area contributed by atoms with E-state index in [0.29, 0.717) is 13.1 Å². The number of hydrogen-bond acceptors (Lipinski definition) is 5. The fraction of sp³-hybridized carbons (Fsp3) is 0.778. The molecule has 4 N–H and O–H groups in total. The molecule has 16 heavy (non-hydrogen) atoms. The van der Waals surface area contributed by atoms with Gasteiger partial charge in [0.15, 0.2) is 0 Å². The predicted octanol–water partition coefficient (Wildman–Crippen LogP) is 0.487. The SMILES string of the molecule is [CH2][CH]COP(=O)(O)OCCNCCCCN. The van der Waals surface area contributed by atoms with E-state index >= 15 is 0 Å². The standard InChI is InChI=1S/C9H21N2O4P/c1-2-8-14-16(12,13)15-9-7-11-6-4-3-5-10/h2,11H,1,3-10H2,(H,12,13). The van der Waals surface area contributed by atoms with Crippen LogP contribution >= 0.6 is 7.82 Å². The van der Waals surface area contributed by atoms with Crippen molar-refractivity contribution in [2.24, 2.45) is 5.73 Å². The summed E-state index contributed by atoms with van der Waals surface area (Å²) >= 11 is 0. The van der Waals surface area contributed by atoms with E-state index in [0.717, 1.165) is 19.4 Å². The predicted molar refractivity (Wildman–Crippen MR) is 62.5 cm³/mol. The van der Waals surface area contributed by atoms with Crippen molar-refractivity contribution in [3.63, 3.8) is 0 Å². The van der Waals surface area contributed by atoms with E-state index in [4.69, 9.17) is 15.2 Å². The molecule has 0 rings (SSSR count). The van der Waals surface area contributed by atoms with Gasteiger partial charge in [0, 0.05) is 6.54 Å². The van der Waals surface area contributed by atoms with Crippen LogP contribution in [0, 0.1) is 13.3 Å². The minimum absolute atomic E-state index is 0.00228. The van der Waals surface area contributed by atoms with Crippen molar-refractivity contribution in [1.82, 2.24) is 5.32 Å². The van der Waals surface area contributed by atoms with Gasteiger partial charge < -0.3 is 15.9 Å². The quantitative estimate of drug-likeness (QED) is 0.366. The Morgan fingerprint density at radius 2 is 2.12 bits per heavy atom. The minimum atomic E-state index is -3.90. The van der Waals surface area contributed by atoms with Crippen LogP contribution in [0.5, 0.6) is 0 Å². The molecule has 0 heterocycles. The third-order valence-electron chi connectivity index (χ3n) is 1.70. The lowest BCUT2D eigenvalue weighted by molar-refractivity contribution is 0.159. The average Bonchev–Trinajstić information content (AvgIpc) is 2.25. The lowest BCUT2D eigenvalue weighted by atomic mass is 10.3. The Morgan fingerprint density at radius 1 is 1.38 bits per heavy atom. The smallest absolute Gasteiger partial charge is 0.330 e. The van der Waals surface area contributed by atoms with Crippen LogP contribution in [0.2, 0.25) is 0 Å². The van der Waals surface area contributed by atoms with Crippen LogP contribution in [0.15, 0.2) is 0 Å². The Bertz CT molecular complexity index is 204. The Hall–Kier alpha value is 0.0300. The van der Waals surface area contributed by atoms with Gasteiger partial charge in [-0.3, -0.25) is 9.05 Å².